The zero-order chi connectivity index (χ0) is 21.9. The van der Waals surface area contributed by atoms with Gasteiger partial charge < -0.3 is 14.8 Å². The summed E-state index contributed by atoms with van der Waals surface area (Å²) in [6, 6.07) is 5.26. The van der Waals surface area contributed by atoms with Crippen LogP contribution in [-0.4, -0.2) is 23.7 Å². The van der Waals surface area contributed by atoms with E-state index in [1.54, 1.807) is 39.0 Å². The molecule has 1 amide bonds. The van der Waals surface area contributed by atoms with Gasteiger partial charge in [-0.1, -0.05) is 25.8 Å². The molecule has 0 aromatic heterocycles. The van der Waals surface area contributed by atoms with Crippen molar-refractivity contribution in [2.45, 2.75) is 59.1 Å². The molecule has 0 aliphatic heterocycles. The average molecular weight is 399 g/mol. The zero-order valence-electron chi connectivity index (χ0n) is 17.6. The standard InChI is InChI=1S/C23H26FNO4/c1-8-17-19(24)10-9-15-11-16(12-18(13(2)3)20(15)17)28-22(27)25-14(4)21(26)29-23(5,6)7/h1,9-14H,2-7H3,(H,25,27)/t14-/m0/s1. The van der Waals surface area contributed by atoms with Crippen LogP contribution in [0, 0.1) is 18.2 Å². The maximum absolute atomic E-state index is 14.1. The van der Waals surface area contributed by atoms with E-state index in [1.807, 2.05) is 13.8 Å². The lowest BCUT2D eigenvalue weighted by molar-refractivity contribution is -0.156. The molecule has 0 saturated heterocycles. The highest BCUT2D eigenvalue weighted by Gasteiger charge is 2.24. The molecule has 29 heavy (non-hydrogen) atoms. The van der Waals surface area contributed by atoms with Gasteiger partial charge in [0.2, 0.25) is 0 Å². The molecule has 2 aromatic carbocycles. The second-order valence-electron chi connectivity index (χ2n) is 8.12. The Morgan fingerprint density at radius 2 is 1.83 bits per heavy atom. The summed E-state index contributed by atoms with van der Waals surface area (Å²) in [7, 11) is 0. The number of amides is 1. The van der Waals surface area contributed by atoms with Gasteiger partial charge in [0.25, 0.3) is 0 Å². The zero-order valence-corrected chi connectivity index (χ0v) is 17.6. The molecule has 0 bridgehead atoms. The molecule has 0 heterocycles. The minimum absolute atomic E-state index is 0.0127. The Labute approximate surface area is 170 Å². The van der Waals surface area contributed by atoms with E-state index >= 15 is 0 Å². The summed E-state index contributed by atoms with van der Waals surface area (Å²) in [5.41, 5.74) is 0.282. The van der Waals surface area contributed by atoms with Crippen molar-refractivity contribution >= 4 is 22.8 Å². The van der Waals surface area contributed by atoms with Crippen LogP contribution >= 0.6 is 0 Å². The molecule has 0 radical (unpaired) electrons. The predicted molar refractivity (Wildman–Crippen MR) is 110 cm³/mol. The van der Waals surface area contributed by atoms with Crippen molar-refractivity contribution in [2.24, 2.45) is 0 Å². The van der Waals surface area contributed by atoms with Gasteiger partial charge in [0.1, 0.15) is 23.2 Å². The van der Waals surface area contributed by atoms with E-state index in [0.717, 1.165) is 5.56 Å². The minimum Gasteiger partial charge on any atom is -0.458 e. The van der Waals surface area contributed by atoms with E-state index in [4.69, 9.17) is 15.9 Å². The van der Waals surface area contributed by atoms with Gasteiger partial charge in [0.15, 0.2) is 0 Å². The third-order valence-corrected chi connectivity index (χ3v) is 4.14. The molecular formula is C23H26FNO4. The highest BCUT2D eigenvalue weighted by molar-refractivity contribution is 5.93. The van der Waals surface area contributed by atoms with E-state index in [9.17, 15) is 14.0 Å². The molecule has 6 heteroatoms. The number of esters is 1. The van der Waals surface area contributed by atoms with E-state index in [2.05, 4.69) is 11.2 Å². The summed E-state index contributed by atoms with van der Waals surface area (Å²) in [6.07, 6.45) is 4.71. The van der Waals surface area contributed by atoms with Crippen molar-refractivity contribution in [1.82, 2.24) is 5.32 Å². The molecule has 0 saturated carbocycles. The fraction of sp³-hybridized carbons (Fsp3) is 0.391. The minimum atomic E-state index is -0.881. The summed E-state index contributed by atoms with van der Waals surface area (Å²) >= 11 is 0. The van der Waals surface area contributed by atoms with E-state index in [-0.39, 0.29) is 17.2 Å². The molecule has 0 spiro atoms. The van der Waals surface area contributed by atoms with Crippen molar-refractivity contribution in [3.63, 3.8) is 0 Å². The van der Waals surface area contributed by atoms with Gasteiger partial charge in [0.05, 0.1) is 5.56 Å². The fourth-order valence-electron chi connectivity index (χ4n) is 2.86. The highest BCUT2D eigenvalue weighted by atomic mass is 19.1. The van der Waals surface area contributed by atoms with Gasteiger partial charge >= 0.3 is 12.1 Å². The number of ether oxygens (including phenoxy) is 2. The maximum Gasteiger partial charge on any atom is 0.413 e. The number of carbonyl (C=O) groups excluding carboxylic acids is 2. The molecule has 2 rings (SSSR count). The molecule has 5 nitrogen and oxygen atoms in total. The van der Waals surface area contributed by atoms with Gasteiger partial charge in [-0.15, -0.1) is 6.42 Å². The lowest BCUT2D eigenvalue weighted by Crippen LogP contribution is -2.43. The van der Waals surface area contributed by atoms with E-state index in [0.29, 0.717) is 10.8 Å². The van der Waals surface area contributed by atoms with Crippen LogP contribution in [-0.2, 0) is 9.53 Å². The Kier molecular flexibility index (Phi) is 6.53. The van der Waals surface area contributed by atoms with Crippen molar-refractivity contribution < 1.29 is 23.5 Å². The van der Waals surface area contributed by atoms with Crippen LogP contribution in [0.1, 0.15) is 58.6 Å². The average Bonchev–Trinajstić information content (AvgIpc) is 2.59. The van der Waals surface area contributed by atoms with Gasteiger partial charge in [-0.25, -0.2) is 14.0 Å². The number of halogens is 1. The number of rotatable bonds is 4. The Bertz CT molecular complexity index is 983. The van der Waals surface area contributed by atoms with E-state index in [1.165, 1.54) is 13.0 Å². The number of hydrogen-bond donors (Lipinski definition) is 1. The third kappa shape index (κ3) is 5.47. The maximum atomic E-state index is 14.1. The van der Waals surface area contributed by atoms with Gasteiger partial charge in [0, 0.05) is 5.39 Å². The molecular weight excluding hydrogens is 373 g/mol. The quantitative estimate of drug-likeness (QED) is 0.587. The van der Waals surface area contributed by atoms with Crippen LogP contribution in [0.25, 0.3) is 10.8 Å². The molecule has 0 unspecified atom stereocenters. The number of terminal acetylenes is 1. The Hall–Kier alpha value is -3.07. The third-order valence-electron chi connectivity index (χ3n) is 4.14. The number of benzene rings is 2. The second-order valence-corrected chi connectivity index (χ2v) is 8.12. The smallest absolute Gasteiger partial charge is 0.413 e. The largest absolute Gasteiger partial charge is 0.458 e. The Morgan fingerprint density at radius 3 is 2.38 bits per heavy atom. The number of hydrogen-bond acceptors (Lipinski definition) is 4. The fourth-order valence-corrected chi connectivity index (χ4v) is 2.86. The second kappa shape index (κ2) is 8.52. The Balaban J connectivity index is 2.29. The summed E-state index contributed by atoms with van der Waals surface area (Å²) < 4.78 is 24.7. The molecule has 0 aliphatic rings. The molecule has 2 aromatic rings. The van der Waals surface area contributed by atoms with Crippen molar-refractivity contribution in [3.05, 3.63) is 41.2 Å². The first-order valence-electron chi connectivity index (χ1n) is 9.37. The highest BCUT2D eigenvalue weighted by Crippen LogP contribution is 2.33. The van der Waals surface area contributed by atoms with Crippen LogP contribution in [0.2, 0.25) is 0 Å². The molecule has 0 aliphatic carbocycles. The van der Waals surface area contributed by atoms with Crippen LogP contribution in [0.3, 0.4) is 0 Å². The first kappa shape index (κ1) is 22.2. The number of nitrogens with one attached hydrogen (secondary N) is 1. The SMILES string of the molecule is C#Cc1c(F)ccc2cc(OC(=O)N[C@@H](C)C(=O)OC(C)(C)C)cc(C(C)C)c12. The summed E-state index contributed by atoms with van der Waals surface area (Å²) in [4.78, 5) is 24.3. The van der Waals surface area contributed by atoms with Crippen LogP contribution < -0.4 is 10.1 Å². The van der Waals surface area contributed by atoms with Crippen molar-refractivity contribution in [1.29, 1.82) is 0 Å². The molecule has 0 fully saturated rings. The van der Waals surface area contributed by atoms with Crippen LogP contribution in [0.4, 0.5) is 9.18 Å². The van der Waals surface area contributed by atoms with Crippen LogP contribution in [0.15, 0.2) is 24.3 Å². The lowest BCUT2D eigenvalue weighted by atomic mass is 9.92. The van der Waals surface area contributed by atoms with Crippen LogP contribution in [0.5, 0.6) is 5.75 Å². The first-order valence-corrected chi connectivity index (χ1v) is 9.37. The summed E-state index contributed by atoms with van der Waals surface area (Å²) in [5, 5.41) is 3.73. The van der Waals surface area contributed by atoms with Gasteiger partial charge in [-0.3, -0.25) is 0 Å². The summed E-state index contributed by atoms with van der Waals surface area (Å²) in [6.45, 7) is 10.6. The summed E-state index contributed by atoms with van der Waals surface area (Å²) in [5.74, 6) is 1.65. The first-order chi connectivity index (χ1) is 13.4. The molecule has 1 N–H and O–H groups in total. The lowest BCUT2D eigenvalue weighted by Gasteiger charge is -2.22. The number of carbonyl (C=O) groups is 2. The van der Waals surface area contributed by atoms with Gasteiger partial charge in [-0.05, 0) is 62.8 Å². The molecule has 154 valence electrons. The van der Waals surface area contributed by atoms with Crippen molar-refractivity contribution in [3.8, 4) is 18.1 Å². The topological polar surface area (TPSA) is 64.6 Å². The number of fused-ring (bicyclic) bond motifs is 1. The van der Waals surface area contributed by atoms with Crippen molar-refractivity contribution in [2.75, 3.05) is 0 Å². The Morgan fingerprint density at radius 1 is 1.17 bits per heavy atom. The van der Waals surface area contributed by atoms with Gasteiger partial charge in [-0.2, -0.15) is 0 Å². The monoisotopic (exact) mass is 399 g/mol. The molecule has 1 atom stereocenters. The van der Waals surface area contributed by atoms with E-state index < -0.39 is 29.5 Å². The predicted octanol–water partition coefficient (Wildman–Crippen LogP) is 4.90. The normalized spacial score (nSPS) is 12.4.